The average molecular weight is 346 g/mol. The monoisotopic (exact) mass is 345 g/mol. The summed E-state index contributed by atoms with van der Waals surface area (Å²) in [6.45, 7) is 6.47. The lowest BCUT2D eigenvalue weighted by Crippen LogP contribution is -2.13. The number of aryl methyl sites for hydroxylation is 2. The highest BCUT2D eigenvalue weighted by atomic mass is 16.1. The van der Waals surface area contributed by atoms with Gasteiger partial charge in [0.2, 0.25) is 5.91 Å². The predicted molar refractivity (Wildman–Crippen MR) is 110 cm³/mol. The van der Waals surface area contributed by atoms with Crippen LogP contribution in [0.5, 0.6) is 0 Å². The number of carbonyl (C=O) groups is 1. The number of nitrogens with one attached hydrogen (secondary N) is 1. The molecule has 0 aromatic heterocycles. The summed E-state index contributed by atoms with van der Waals surface area (Å²) >= 11 is 0. The van der Waals surface area contributed by atoms with Crippen LogP contribution >= 0.6 is 0 Å². The maximum absolute atomic E-state index is 12.2. The van der Waals surface area contributed by atoms with E-state index in [0.29, 0.717) is 6.42 Å². The molecule has 0 fully saturated rings. The molecule has 0 aliphatic carbocycles. The average Bonchev–Trinajstić information content (AvgIpc) is 2.61. The van der Waals surface area contributed by atoms with Crippen LogP contribution in [0.4, 0.5) is 5.69 Å². The molecule has 0 bridgehead atoms. The molecule has 0 radical (unpaired) electrons. The second-order valence-electron chi connectivity index (χ2n) is 7.30. The molecular formula is C23H39NO. The van der Waals surface area contributed by atoms with E-state index in [1.165, 1.54) is 69.8 Å². The lowest BCUT2D eigenvalue weighted by Gasteiger charge is -2.12. The van der Waals surface area contributed by atoms with E-state index in [1.807, 2.05) is 0 Å². The van der Waals surface area contributed by atoms with E-state index < -0.39 is 0 Å². The maximum Gasteiger partial charge on any atom is 0.224 e. The fourth-order valence-corrected chi connectivity index (χ4v) is 3.35. The van der Waals surface area contributed by atoms with Gasteiger partial charge < -0.3 is 5.32 Å². The van der Waals surface area contributed by atoms with Crippen LogP contribution in [0.25, 0.3) is 0 Å². The van der Waals surface area contributed by atoms with Gasteiger partial charge in [-0.1, -0.05) is 96.3 Å². The third kappa shape index (κ3) is 9.67. The molecule has 0 aliphatic rings. The van der Waals surface area contributed by atoms with Gasteiger partial charge in [-0.15, -0.1) is 0 Å². The van der Waals surface area contributed by atoms with Crippen molar-refractivity contribution < 1.29 is 4.79 Å². The van der Waals surface area contributed by atoms with E-state index in [9.17, 15) is 4.79 Å². The van der Waals surface area contributed by atoms with Crippen LogP contribution in [0.1, 0.15) is 102 Å². The minimum absolute atomic E-state index is 0.167. The standard InChI is InChI=1S/C23H39NO/c1-4-6-7-8-9-10-11-12-13-14-15-19-22(25)24-23-20(3)17-16-18-21(23)5-2/h16-18H,4-15,19H2,1-3H3,(H,24,25). The summed E-state index contributed by atoms with van der Waals surface area (Å²) in [6, 6.07) is 6.23. The molecule has 1 aromatic carbocycles. The van der Waals surface area contributed by atoms with Crippen LogP contribution in [-0.2, 0) is 11.2 Å². The number of hydrogen-bond acceptors (Lipinski definition) is 1. The minimum atomic E-state index is 0.167. The quantitative estimate of drug-likeness (QED) is 0.355. The molecule has 0 saturated carbocycles. The SMILES string of the molecule is CCCCCCCCCCCCCC(=O)Nc1c(C)cccc1CC. The first-order chi connectivity index (χ1) is 12.2. The van der Waals surface area contributed by atoms with Gasteiger partial charge >= 0.3 is 0 Å². The zero-order valence-electron chi connectivity index (χ0n) is 16.8. The molecule has 0 spiro atoms. The molecule has 142 valence electrons. The van der Waals surface area contributed by atoms with Crippen molar-refractivity contribution >= 4 is 11.6 Å². The highest BCUT2D eigenvalue weighted by molar-refractivity contribution is 5.92. The van der Waals surface area contributed by atoms with Crippen molar-refractivity contribution in [3.8, 4) is 0 Å². The number of rotatable bonds is 14. The van der Waals surface area contributed by atoms with Crippen LogP contribution in [0.15, 0.2) is 18.2 Å². The lowest BCUT2D eigenvalue weighted by atomic mass is 10.0. The number of amides is 1. The topological polar surface area (TPSA) is 29.1 Å². The highest BCUT2D eigenvalue weighted by Gasteiger charge is 2.08. The van der Waals surface area contributed by atoms with Crippen LogP contribution in [-0.4, -0.2) is 5.91 Å². The van der Waals surface area contributed by atoms with Gasteiger partial charge in [0, 0.05) is 12.1 Å². The van der Waals surface area contributed by atoms with Crippen molar-refractivity contribution in [3.63, 3.8) is 0 Å². The summed E-state index contributed by atoms with van der Waals surface area (Å²) in [5, 5.41) is 3.13. The lowest BCUT2D eigenvalue weighted by molar-refractivity contribution is -0.116. The van der Waals surface area contributed by atoms with Gasteiger partial charge in [0.15, 0.2) is 0 Å². The number of benzene rings is 1. The molecule has 0 atom stereocenters. The molecule has 0 unspecified atom stereocenters. The fourth-order valence-electron chi connectivity index (χ4n) is 3.35. The van der Waals surface area contributed by atoms with Crippen molar-refractivity contribution in [3.05, 3.63) is 29.3 Å². The van der Waals surface area contributed by atoms with Gasteiger partial charge in [0.1, 0.15) is 0 Å². The van der Waals surface area contributed by atoms with Gasteiger partial charge in [-0.2, -0.15) is 0 Å². The third-order valence-electron chi connectivity index (χ3n) is 5.01. The van der Waals surface area contributed by atoms with Crippen molar-refractivity contribution in [2.75, 3.05) is 5.32 Å². The second-order valence-corrected chi connectivity index (χ2v) is 7.30. The highest BCUT2D eigenvalue weighted by Crippen LogP contribution is 2.21. The number of anilines is 1. The maximum atomic E-state index is 12.2. The zero-order valence-corrected chi connectivity index (χ0v) is 16.8. The Morgan fingerprint density at radius 2 is 1.40 bits per heavy atom. The smallest absolute Gasteiger partial charge is 0.224 e. The Labute approximate surface area is 155 Å². The summed E-state index contributed by atoms with van der Waals surface area (Å²) in [4.78, 5) is 12.2. The number of hydrogen-bond donors (Lipinski definition) is 1. The van der Waals surface area contributed by atoms with Crippen molar-refractivity contribution in [2.45, 2.75) is 104 Å². The summed E-state index contributed by atoms with van der Waals surface area (Å²) in [5.41, 5.74) is 3.41. The van der Waals surface area contributed by atoms with E-state index in [0.717, 1.165) is 24.1 Å². The molecule has 1 N–H and O–H groups in total. The third-order valence-corrected chi connectivity index (χ3v) is 5.01. The van der Waals surface area contributed by atoms with E-state index in [1.54, 1.807) is 0 Å². The first-order valence-electron chi connectivity index (χ1n) is 10.6. The second kappa shape index (κ2) is 13.9. The minimum Gasteiger partial charge on any atom is -0.326 e. The van der Waals surface area contributed by atoms with E-state index in [4.69, 9.17) is 0 Å². The largest absolute Gasteiger partial charge is 0.326 e. The van der Waals surface area contributed by atoms with Crippen LogP contribution < -0.4 is 5.32 Å². The molecule has 2 heteroatoms. The van der Waals surface area contributed by atoms with Crippen LogP contribution in [0.3, 0.4) is 0 Å². The number of para-hydroxylation sites is 1. The Balaban J connectivity index is 2.06. The summed E-state index contributed by atoms with van der Waals surface area (Å²) in [6.07, 6.45) is 16.1. The first kappa shape index (κ1) is 21.7. The van der Waals surface area contributed by atoms with Crippen LogP contribution in [0.2, 0.25) is 0 Å². The van der Waals surface area contributed by atoms with E-state index in [2.05, 4.69) is 44.3 Å². The van der Waals surface area contributed by atoms with Crippen molar-refractivity contribution in [2.24, 2.45) is 0 Å². The molecule has 1 rings (SSSR count). The predicted octanol–water partition coefficient (Wildman–Crippen LogP) is 7.20. The Morgan fingerprint density at radius 3 is 1.96 bits per heavy atom. The summed E-state index contributed by atoms with van der Waals surface area (Å²) in [5.74, 6) is 0.167. The van der Waals surface area contributed by atoms with Crippen molar-refractivity contribution in [1.29, 1.82) is 0 Å². The molecule has 0 saturated heterocycles. The molecule has 2 nitrogen and oxygen atoms in total. The molecule has 0 aliphatic heterocycles. The Morgan fingerprint density at radius 1 is 0.840 bits per heavy atom. The van der Waals surface area contributed by atoms with Crippen LogP contribution in [0, 0.1) is 6.92 Å². The molecule has 25 heavy (non-hydrogen) atoms. The van der Waals surface area contributed by atoms with E-state index in [-0.39, 0.29) is 5.91 Å². The normalized spacial score (nSPS) is 10.8. The van der Waals surface area contributed by atoms with Gasteiger partial charge in [-0.3, -0.25) is 4.79 Å². The van der Waals surface area contributed by atoms with Crippen molar-refractivity contribution in [1.82, 2.24) is 0 Å². The number of unbranched alkanes of at least 4 members (excludes halogenated alkanes) is 10. The van der Waals surface area contributed by atoms with Gasteiger partial charge in [0.25, 0.3) is 0 Å². The Bertz CT molecular complexity index is 481. The molecule has 1 aromatic rings. The molecule has 1 amide bonds. The first-order valence-corrected chi connectivity index (χ1v) is 10.6. The fraction of sp³-hybridized carbons (Fsp3) is 0.696. The van der Waals surface area contributed by atoms with Gasteiger partial charge in [-0.05, 0) is 30.9 Å². The van der Waals surface area contributed by atoms with E-state index >= 15 is 0 Å². The zero-order chi connectivity index (χ0) is 18.3. The molecule has 0 heterocycles. The summed E-state index contributed by atoms with van der Waals surface area (Å²) < 4.78 is 0. The summed E-state index contributed by atoms with van der Waals surface area (Å²) in [7, 11) is 0. The molecular weight excluding hydrogens is 306 g/mol. The van der Waals surface area contributed by atoms with Gasteiger partial charge in [0.05, 0.1) is 0 Å². The Kier molecular flexibility index (Phi) is 12.1. The number of carbonyl (C=O) groups excluding carboxylic acids is 1. The Hall–Kier alpha value is -1.31. The van der Waals surface area contributed by atoms with Gasteiger partial charge in [-0.25, -0.2) is 0 Å².